The van der Waals surface area contributed by atoms with Crippen molar-refractivity contribution >= 4 is 5.69 Å². The Labute approximate surface area is 122 Å². The maximum Gasteiger partial charge on any atom is 0.121 e. The number of hydrogen-bond acceptors (Lipinski definition) is 3. The summed E-state index contributed by atoms with van der Waals surface area (Å²) in [5.74, 6) is 0.995. The summed E-state index contributed by atoms with van der Waals surface area (Å²) in [6.07, 6.45) is 3.65. The van der Waals surface area contributed by atoms with Gasteiger partial charge >= 0.3 is 0 Å². The monoisotopic (exact) mass is 274 g/mol. The summed E-state index contributed by atoms with van der Waals surface area (Å²) >= 11 is 0. The van der Waals surface area contributed by atoms with Crippen molar-refractivity contribution in [2.75, 3.05) is 25.0 Å². The summed E-state index contributed by atoms with van der Waals surface area (Å²) in [7, 11) is 0. The number of nitrogens with one attached hydrogen (secondary N) is 1. The number of hydrogen-bond donors (Lipinski definition) is 1. The van der Waals surface area contributed by atoms with Crippen molar-refractivity contribution < 1.29 is 4.74 Å². The number of ether oxygens (including phenoxy) is 1. The normalized spacial score (nSPS) is 25.8. The molecule has 1 N–H and O–H groups in total. The van der Waals surface area contributed by atoms with E-state index in [0.29, 0.717) is 6.04 Å². The Morgan fingerprint density at radius 1 is 1.40 bits per heavy atom. The quantitative estimate of drug-likeness (QED) is 0.911. The summed E-state index contributed by atoms with van der Waals surface area (Å²) < 4.78 is 6.12. The van der Waals surface area contributed by atoms with Crippen LogP contribution in [-0.2, 0) is 6.42 Å². The van der Waals surface area contributed by atoms with Gasteiger partial charge in [0.25, 0.3) is 0 Å². The van der Waals surface area contributed by atoms with E-state index in [-0.39, 0.29) is 5.54 Å². The minimum Gasteiger partial charge on any atom is -0.492 e. The van der Waals surface area contributed by atoms with E-state index < -0.39 is 0 Å². The number of fused-ring (bicyclic) bond motifs is 1. The lowest BCUT2D eigenvalue weighted by atomic mass is 9.99. The van der Waals surface area contributed by atoms with Gasteiger partial charge in [0, 0.05) is 24.3 Å². The molecule has 2 aliphatic heterocycles. The Bertz CT molecular complexity index is 486. The summed E-state index contributed by atoms with van der Waals surface area (Å²) in [6, 6.07) is 7.05. The van der Waals surface area contributed by atoms with E-state index in [4.69, 9.17) is 4.74 Å². The second-order valence-electron chi connectivity index (χ2n) is 6.67. The van der Waals surface area contributed by atoms with Gasteiger partial charge < -0.3 is 10.1 Å². The van der Waals surface area contributed by atoms with Gasteiger partial charge in [-0.15, -0.1) is 0 Å². The third-order valence-electron chi connectivity index (χ3n) is 4.77. The molecule has 110 valence electrons. The predicted molar refractivity (Wildman–Crippen MR) is 83.6 cm³/mol. The molecule has 1 fully saturated rings. The van der Waals surface area contributed by atoms with Gasteiger partial charge in [0.1, 0.15) is 12.4 Å². The van der Waals surface area contributed by atoms with Gasteiger partial charge in [0.2, 0.25) is 0 Å². The molecule has 0 amide bonds. The second-order valence-corrected chi connectivity index (χ2v) is 6.67. The molecule has 2 heterocycles. The third-order valence-corrected chi connectivity index (χ3v) is 4.77. The lowest BCUT2D eigenvalue weighted by Gasteiger charge is -2.37. The van der Waals surface area contributed by atoms with Crippen LogP contribution in [0.2, 0.25) is 0 Å². The molecular formula is C17H26N2O. The minimum absolute atomic E-state index is 0.181. The highest BCUT2D eigenvalue weighted by Gasteiger charge is 2.38. The largest absolute Gasteiger partial charge is 0.492 e. The maximum atomic E-state index is 6.12. The van der Waals surface area contributed by atoms with Gasteiger partial charge in [-0.2, -0.15) is 0 Å². The van der Waals surface area contributed by atoms with Crippen LogP contribution in [0.25, 0.3) is 0 Å². The Morgan fingerprint density at radius 3 is 3.05 bits per heavy atom. The van der Waals surface area contributed by atoms with Gasteiger partial charge in [-0.1, -0.05) is 6.07 Å². The first-order valence-corrected chi connectivity index (χ1v) is 7.85. The first-order valence-electron chi connectivity index (χ1n) is 7.85. The van der Waals surface area contributed by atoms with Gasteiger partial charge in [-0.05, 0) is 58.2 Å². The first-order chi connectivity index (χ1) is 9.58. The fourth-order valence-corrected chi connectivity index (χ4v) is 3.68. The average molecular weight is 274 g/mol. The first kappa shape index (κ1) is 13.7. The summed E-state index contributed by atoms with van der Waals surface area (Å²) in [5, 5.41) is 3.41. The number of likely N-dealkylation sites (tertiary alicyclic amines) is 1. The van der Waals surface area contributed by atoms with E-state index in [0.717, 1.165) is 25.3 Å². The predicted octanol–water partition coefficient (Wildman–Crippen LogP) is 3.30. The van der Waals surface area contributed by atoms with E-state index in [2.05, 4.69) is 49.2 Å². The number of anilines is 1. The molecule has 0 saturated carbocycles. The van der Waals surface area contributed by atoms with Gasteiger partial charge in [-0.3, -0.25) is 4.90 Å². The molecule has 0 radical (unpaired) electrons. The van der Waals surface area contributed by atoms with Crippen molar-refractivity contribution in [1.29, 1.82) is 0 Å². The molecule has 1 aromatic carbocycles. The average Bonchev–Trinajstić information content (AvgIpc) is 3.02. The SMILES string of the molecule is CC(C)N1CCCC1(C)COc1ccc2c(c1)NCC2. The Morgan fingerprint density at radius 2 is 2.25 bits per heavy atom. The van der Waals surface area contributed by atoms with Crippen LogP contribution in [0.15, 0.2) is 18.2 Å². The topological polar surface area (TPSA) is 24.5 Å². The van der Waals surface area contributed by atoms with E-state index in [9.17, 15) is 0 Å². The third kappa shape index (κ3) is 2.51. The van der Waals surface area contributed by atoms with Crippen molar-refractivity contribution in [3.8, 4) is 5.75 Å². The van der Waals surface area contributed by atoms with Crippen molar-refractivity contribution in [2.45, 2.75) is 51.6 Å². The van der Waals surface area contributed by atoms with Crippen LogP contribution >= 0.6 is 0 Å². The van der Waals surface area contributed by atoms with Crippen LogP contribution < -0.4 is 10.1 Å². The smallest absolute Gasteiger partial charge is 0.121 e. The molecule has 0 aromatic heterocycles. The number of nitrogens with zero attached hydrogens (tertiary/aromatic N) is 1. The highest BCUT2D eigenvalue weighted by atomic mass is 16.5. The molecule has 0 spiro atoms. The van der Waals surface area contributed by atoms with E-state index in [1.807, 2.05) is 0 Å². The highest BCUT2D eigenvalue weighted by Crippen LogP contribution is 2.33. The Hall–Kier alpha value is -1.22. The number of benzene rings is 1. The number of rotatable bonds is 4. The van der Waals surface area contributed by atoms with Crippen LogP contribution in [-0.4, -0.2) is 36.2 Å². The summed E-state index contributed by atoms with van der Waals surface area (Å²) in [5.41, 5.74) is 2.84. The molecule has 1 atom stereocenters. The molecule has 1 unspecified atom stereocenters. The molecule has 3 nitrogen and oxygen atoms in total. The lowest BCUT2D eigenvalue weighted by molar-refractivity contribution is 0.0664. The minimum atomic E-state index is 0.181. The zero-order chi connectivity index (χ0) is 14.2. The Kier molecular flexibility index (Phi) is 3.63. The van der Waals surface area contributed by atoms with Crippen LogP contribution in [0.3, 0.4) is 0 Å². The van der Waals surface area contributed by atoms with E-state index in [1.165, 1.54) is 30.6 Å². The van der Waals surface area contributed by atoms with Gasteiger partial charge in [0.05, 0.1) is 5.54 Å². The van der Waals surface area contributed by atoms with Crippen molar-refractivity contribution in [2.24, 2.45) is 0 Å². The molecule has 1 aromatic rings. The maximum absolute atomic E-state index is 6.12. The van der Waals surface area contributed by atoms with Gasteiger partial charge in [-0.25, -0.2) is 0 Å². The summed E-state index contributed by atoms with van der Waals surface area (Å²) in [6.45, 7) is 9.93. The summed E-state index contributed by atoms with van der Waals surface area (Å²) in [4.78, 5) is 2.58. The Balaban J connectivity index is 1.67. The molecular weight excluding hydrogens is 248 g/mol. The molecule has 3 heteroatoms. The molecule has 1 saturated heterocycles. The van der Waals surface area contributed by atoms with Crippen LogP contribution in [0, 0.1) is 0 Å². The van der Waals surface area contributed by atoms with E-state index in [1.54, 1.807) is 0 Å². The molecule has 2 aliphatic rings. The van der Waals surface area contributed by atoms with Crippen LogP contribution in [0.5, 0.6) is 5.75 Å². The zero-order valence-corrected chi connectivity index (χ0v) is 12.9. The highest BCUT2D eigenvalue weighted by molar-refractivity contribution is 5.58. The van der Waals surface area contributed by atoms with E-state index >= 15 is 0 Å². The fourth-order valence-electron chi connectivity index (χ4n) is 3.68. The molecule has 3 rings (SSSR count). The van der Waals surface area contributed by atoms with Crippen molar-refractivity contribution in [3.63, 3.8) is 0 Å². The second kappa shape index (κ2) is 5.28. The fraction of sp³-hybridized carbons (Fsp3) is 0.647. The molecule has 20 heavy (non-hydrogen) atoms. The standard InChI is InChI=1S/C17H26N2O/c1-13(2)19-10-4-8-17(19,3)12-20-15-6-5-14-7-9-18-16(14)11-15/h5-6,11,13,18H,4,7-10,12H2,1-3H3. The van der Waals surface area contributed by atoms with Gasteiger partial charge in [0.15, 0.2) is 0 Å². The van der Waals surface area contributed by atoms with Crippen molar-refractivity contribution in [3.05, 3.63) is 23.8 Å². The van der Waals surface area contributed by atoms with Crippen LogP contribution in [0.4, 0.5) is 5.69 Å². The van der Waals surface area contributed by atoms with Crippen LogP contribution in [0.1, 0.15) is 39.2 Å². The molecule has 0 bridgehead atoms. The lowest BCUT2D eigenvalue weighted by Crippen LogP contribution is -2.49. The zero-order valence-electron chi connectivity index (χ0n) is 12.9. The molecule has 0 aliphatic carbocycles. The van der Waals surface area contributed by atoms with Crippen molar-refractivity contribution in [1.82, 2.24) is 4.90 Å².